The normalized spacial score (nSPS) is 21.9. The molecule has 6 rings (SSSR count). The summed E-state index contributed by atoms with van der Waals surface area (Å²) in [5.74, 6) is 2.38. The number of hydrogen-bond donors (Lipinski definition) is 4. The zero-order chi connectivity index (χ0) is 26.9. The average molecular weight is 516 g/mol. The molecular formula is C30H31F2N5O. The second kappa shape index (κ2) is 8.95. The molecule has 2 aliphatic carbocycles. The summed E-state index contributed by atoms with van der Waals surface area (Å²) in [4.78, 5) is 6.77. The van der Waals surface area contributed by atoms with Gasteiger partial charge < -0.3 is 26.0 Å². The molecule has 2 unspecified atom stereocenters. The molecule has 0 radical (unpaired) electrons. The van der Waals surface area contributed by atoms with Gasteiger partial charge >= 0.3 is 0 Å². The highest BCUT2D eigenvalue weighted by Gasteiger charge is 2.56. The van der Waals surface area contributed by atoms with Crippen LogP contribution in [0, 0.1) is 47.1 Å². The van der Waals surface area contributed by atoms with Crippen LogP contribution in [0.3, 0.4) is 0 Å². The van der Waals surface area contributed by atoms with Crippen LogP contribution in [0.1, 0.15) is 37.8 Å². The Morgan fingerprint density at radius 1 is 1.24 bits per heavy atom. The number of anilines is 2. The number of aromatic nitrogens is 1. The van der Waals surface area contributed by atoms with Crippen LogP contribution in [-0.4, -0.2) is 48.0 Å². The first kappa shape index (κ1) is 24.6. The Labute approximate surface area is 221 Å². The first-order valence-corrected chi connectivity index (χ1v) is 13.2. The van der Waals surface area contributed by atoms with Gasteiger partial charge in [-0.2, -0.15) is 0 Å². The van der Waals surface area contributed by atoms with Gasteiger partial charge in [-0.1, -0.05) is 12.0 Å². The van der Waals surface area contributed by atoms with Crippen molar-refractivity contribution < 1.29 is 13.9 Å². The second-order valence-electron chi connectivity index (χ2n) is 11.1. The topological polar surface area (TPSA) is 84.3 Å². The smallest absolute Gasteiger partial charge is 0.173 e. The van der Waals surface area contributed by atoms with Crippen molar-refractivity contribution in [1.29, 1.82) is 5.41 Å². The predicted molar refractivity (Wildman–Crippen MR) is 147 cm³/mol. The zero-order valence-electron chi connectivity index (χ0n) is 21.7. The molecule has 3 aromatic rings. The molecule has 196 valence electrons. The highest BCUT2D eigenvalue weighted by Crippen LogP contribution is 2.52. The molecule has 6 nitrogen and oxygen atoms in total. The third-order valence-corrected chi connectivity index (χ3v) is 8.30. The molecule has 38 heavy (non-hydrogen) atoms. The summed E-state index contributed by atoms with van der Waals surface area (Å²) < 4.78 is 31.5. The molecule has 0 amide bonds. The monoisotopic (exact) mass is 515 g/mol. The van der Waals surface area contributed by atoms with E-state index in [0.29, 0.717) is 39.7 Å². The second-order valence-corrected chi connectivity index (χ2v) is 11.1. The van der Waals surface area contributed by atoms with Crippen LogP contribution < -0.4 is 15.5 Å². The zero-order valence-corrected chi connectivity index (χ0v) is 21.7. The van der Waals surface area contributed by atoms with Crippen LogP contribution in [0.5, 0.6) is 5.75 Å². The molecule has 1 aromatic heterocycles. The maximum absolute atomic E-state index is 16.7. The van der Waals surface area contributed by atoms with E-state index in [1.165, 1.54) is 24.3 Å². The van der Waals surface area contributed by atoms with Crippen LogP contribution in [0.25, 0.3) is 22.0 Å². The average Bonchev–Trinajstić information content (AvgIpc) is 3.80. The van der Waals surface area contributed by atoms with Gasteiger partial charge in [-0.15, -0.1) is 6.42 Å². The van der Waals surface area contributed by atoms with Gasteiger partial charge in [0.25, 0.3) is 0 Å². The number of nitrogens with zero attached hydrogens (tertiary/aromatic N) is 2. The number of phenolic OH excluding ortho intramolecular Hbond substituents is 1. The van der Waals surface area contributed by atoms with Gasteiger partial charge in [0.15, 0.2) is 5.82 Å². The lowest BCUT2D eigenvalue weighted by molar-refractivity contribution is 0.476. The molecule has 1 aliphatic heterocycles. The van der Waals surface area contributed by atoms with Gasteiger partial charge in [0.2, 0.25) is 0 Å². The van der Waals surface area contributed by atoms with Gasteiger partial charge in [0.1, 0.15) is 23.1 Å². The minimum Gasteiger partial charge on any atom is -0.508 e. The maximum atomic E-state index is 16.7. The van der Waals surface area contributed by atoms with E-state index >= 15 is 4.39 Å². The van der Waals surface area contributed by atoms with Gasteiger partial charge in [-0.05, 0) is 75.2 Å². The van der Waals surface area contributed by atoms with Crippen molar-refractivity contribution in [3.8, 4) is 29.4 Å². The Hall–Kier alpha value is -3.70. The van der Waals surface area contributed by atoms with Crippen molar-refractivity contribution in [3.63, 3.8) is 0 Å². The number of pyridine rings is 1. The quantitative estimate of drug-likeness (QED) is 0.259. The fourth-order valence-corrected chi connectivity index (χ4v) is 5.82. The lowest BCUT2D eigenvalue weighted by Gasteiger charge is -2.29. The standard InChI is InChI=1S/C30H31F2N5O/c1-5-18-22(31)9-6-15-10-17(38)11-19(23(15)18)28-26(32)29(35-16-7-8-16)25(30(36-28)37(4)14(2)3)27(33)24-20-12-34-13-21(20)24/h1,6,9-11,14,16,20-21,24,33-34,38H,7-8,12-13H2,2-4H3,(H,35,36). The number of terminal acetylenes is 1. The summed E-state index contributed by atoms with van der Waals surface area (Å²) in [6.45, 7) is 5.75. The molecule has 8 heteroatoms. The summed E-state index contributed by atoms with van der Waals surface area (Å²) in [5, 5.41) is 27.3. The van der Waals surface area contributed by atoms with Gasteiger partial charge in [0.05, 0.1) is 16.8 Å². The third kappa shape index (κ3) is 3.88. The molecule has 2 heterocycles. The summed E-state index contributed by atoms with van der Waals surface area (Å²) in [5.41, 5.74) is 1.31. The number of aromatic hydroxyl groups is 1. The van der Waals surface area contributed by atoms with Crippen LogP contribution in [0.15, 0.2) is 24.3 Å². The van der Waals surface area contributed by atoms with E-state index < -0.39 is 11.6 Å². The van der Waals surface area contributed by atoms with Crippen molar-refractivity contribution in [2.24, 2.45) is 17.8 Å². The lowest BCUT2D eigenvalue weighted by atomic mass is 9.94. The Morgan fingerprint density at radius 3 is 2.58 bits per heavy atom. The van der Waals surface area contributed by atoms with Gasteiger partial charge in [-0.25, -0.2) is 13.8 Å². The molecule has 4 N–H and O–H groups in total. The number of hydrogen-bond acceptors (Lipinski definition) is 6. The number of phenols is 1. The van der Waals surface area contributed by atoms with Crippen LogP contribution >= 0.6 is 0 Å². The fourth-order valence-electron chi connectivity index (χ4n) is 5.82. The summed E-state index contributed by atoms with van der Waals surface area (Å²) in [7, 11) is 1.88. The highest BCUT2D eigenvalue weighted by atomic mass is 19.1. The summed E-state index contributed by atoms with van der Waals surface area (Å²) in [6.07, 6.45) is 7.52. The van der Waals surface area contributed by atoms with E-state index in [2.05, 4.69) is 16.6 Å². The predicted octanol–water partition coefficient (Wildman–Crippen LogP) is 5.12. The number of benzene rings is 2. The number of fused-ring (bicyclic) bond motifs is 2. The van der Waals surface area contributed by atoms with Gasteiger partial charge in [-0.3, -0.25) is 0 Å². The van der Waals surface area contributed by atoms with Crippen molar-refractivity contribution in [2.75, 3.05) is 30.4 Å². The molecule has 2 aromatic carbocycles. The number of nitrogens with one attached hydrogen (secondary N) is 3. The molecule has 3 aliphatic rings. The van der Waals surface area contributed by atoms with Crippen LogP contribution in [-0.2, 0) is 0 Å². The van der Waals surface area contributed by atoms with E-state index in [9.17, 15) is 14.9 Å². The van der Waals surface area contributed by atoms with E-state index in [-0.39, 0.29) is 46.3 Å². The highest BCUT2D eigenvalue weighted by molar-refractivity contribution is 6.11. The van der Waals surface area contributed by atoms with E-state index in [1.54, 1.807) is 0 Å². The summed E-state index contributed by atoms with van der Waals surface area (Å²) >= 11 is 0. The Bertz CT molecular complexity index is 1510. The number of rotatable bonds is 7. The molecule has 0 spiro atoms. The minimum atomic E-state index is -0.624. The molecular weight excluding hydrogens is 484 g/mol. The van der Waals surface area contributed by atoms with E-state index in [4.69, 9.17) is 11.4 Å². The Balaban J connectivity index is 1.64. The SMILES string of the molecule is C#Cc1c(F)ccc2cc(O)cc(-c3nc(N(C)C(C)C)c(C(=N)C4C5CNCC54)c(NC4CC4)c3F)c12. The Morgan fingerprint density at radius 2 is 1.95 bits per heavy atom. The number of halogens is 2. The minimum absolute atomic E-state index is 0.00992. The van der Waals surface area contributed by atoms with Crippen molar-refractivity contribution in [1.82, 2.24) is 10.3 Å². The molecule has 2 atom stereocenters. The largest absolute Gasteiger partial charge is 0.508 e. The first-order chi connectivity index (χ1) is 18.2. The fraction of sp³-hybridized carbons (Fsp3) is 0.400. The summed E-state index contributed by atoms with van der Waals surface area (Å²) in [6, 6.07) is 5.75. The van der Waals surface area contributed by atoms with Crippen LogP contribution in [0.2, 0.25) is 0 Å². The van der Waals surface area contributed by atoms with Crippen molar-refractivity contribution in [2.45, 2.75) is 38.8 Å². The third-order valence-electron chi connectivity index (χ3n) is 8.30. The first-order valence-electron chi connectivity index (χ1n) is 13.2. The maximum Gasteiger partial charge on any atom is 0.173 e. The van der Waals surface area contributed by atoms with Gasteiger partial charge in [0, 0.05) is 41.7 Å². The van der Waals surface area contributed by atoms with Crippen molar-refractivity contribution >= 4 is 28.0 Å². The van der Waals surface area contributed by atoms with Crippen molar-refractivity contribution in [3.05, 3.63) is 47.0 Å². The number of piperidine rings is 1. The van der Waals surface area contributed by atoms with E-state index in [1.807, 2.05) is 25.8 Å². The van der Waals surface area contributed by atoms with E-state index in [0.717, 1.165) is 25.9 Å². The lowest BCUT2D eigenvalue weighted by Crippen LogP contribution is -2.31. The Kier molecular flexibility index (Phi) is 5.80. The van der Waals surface area contributed by atoms with Crippen LogP contribution in [0.4, 0.5) is 20.3 Å². The molecule has 0 bridgehead atoms. The molecule has 1 saturated heterocycles. The molecule has 3 fully saturated rings. The molecule has 2 saturated carbocycles.